The molecular weight excluding hydrogens is 280 g/mol. The summed E-state index contributed by atoms with van der Waals surface area (Å²) in [5.41, 5.74) is 2.62. The Morgan fingerprint density at radius 2 is 2.25 bits per heavy atom. The van der Waals surface area contributed by atoms with Crippen LogP contribution in [-0.4, -0.2) is 14.7 Å². The van der Waals surface area contributed by atoms with Crippen LogP contribution in [-0.2, 0) is 20.0 Å². The first-order valence-corrected chi connectivity index (χ1v) is 6.58. The van der Waals surface area contributed by atoms with Crippen molar-refractivity contribution >= 4 is 23.0 Å². The summed E-state index contributed by atoms with van der Waals surface area (Å²) in [6.07, 6.45) is 2.76. The lowest BCUT2D eigenvalue weighted by Gasteiger charge is -2.08. The van der Waals surface area contributed by atoms with Crippen LogP contribution in [0.25, 0.3) is 0 Å². The number of anilines is 1. The van der Waals surface area contributed by atoms with E-state index in [-0.39, 0.29) is 5.69 Å². The zero-order valence-corrected chi connectivity index (χ0v) is 12.0. The summed E-state index contributed by atoms with van der Waals surface area (Å²) in [5, 5.41) is 18.7. The van der Waals surface area contributed by atoms with Gasteiger partial charge in [0, 0.05) is 37.5 Å². The molecule has 0 spiro atoms. The van der Waals surface area contributed by atoms with Gasteiger partial charge in [-0.2, -0.15) is 5.10 Å². The Morgan fingerprint density at radius 1 is 1.50 bits per heavy atom. The van der Waals surface area contributed by atoms with Crippen LogP contribution in [0.1, 0.15) is 18.2 Å². The average Bonchev–Trinajstić information content (AvgIpc) is 2.77. The van der Waals surface area contributed by atoms with Crippen molar-refractivity contribution in [3.63, 3.8) is 0 Å². The van der Waals surface area contributed by atoms with Crippen LogP contribution in [0.3, 0.4) is 0 Å². The molecule has 0 unspecified atom stereocenters. The minimum atomic E-state index is -0.441. The van der Waals surface area contributed by atoms with E-state index in [2.05, 4.69) is 10.4 Å². The third-order valence-electron chi connectivity index (χ3n) is 2.96. The second-order valence-electron chi connectivity index (χ2n) is 4.40. The molecule has 0 bridgehead atoms. The molecule has 0 atom stereocenters. The Morgan fingerprint density at radius 3 is 2.90 bits per heavy atom. The lowest BCUT2D eigenvalue weighted by atomic mass is 10.2. The Hall–Kier alpha value is -2.08. The number of nitro benzene ring substituents is 1. The lowest BCUT2D eigenvalue weighted by Crippen LogP contribution is -2.02. The summed E-state index contributed by atoms with van der Waals surface area (Å²) < 4.78 is 1.75. The maximum Gasteiger partial charge on any atom is 0.271 e. The van der Waals surface area contributed by atoms with E-state index in [1.807, 2.05) is 20.2 Å². The fraction of sp³-hybridized carbons (Fsp3) is 0.308. The normalized spacial score (nSPS) is 10.6. The molecule has 1 N–H and O–H groups in total. The predicted molar refractivity (Wildman–Crippen MR) is 78.0 cm³/mol. The monoisotopic (exact) mass is 294 g/mol. The third-order valence-corrected chi connectivity index (χ3v) is 3.29. The highest BCUT2D eigenvalue weighted by Gasteiger charge is 2.11. The molecule has 0 aliphatic rings. The number of nitro groups is 1. The zero-order valence-electron chi connectivity index (χ0n) is 11.3. The number of rotatable bonds is 5. The van der Waals surface area contributed by atoms with Crippen LogP contribution < -0.4 is 5.32 Å². The summed E-state index contributed by atoms with van der Waals surface area (Å²) in [5.74, 6) is 0. The molecule has 0 saturated heterocycles. The number of non-ortho nitro benzene ring substituents is 1. The maximum atomic E-state index is 10.8. The van der Waals surface area contributed by atoms with Crippen molar-refractivity contribution in [2.24, 2.45) is 7.05 Å². The SMILES string of the molecule is CCc1nn(C)cc1CNc1cc([N+](=O)[O-])ccc1Cl. The first kappa shape index (κ1) is 14.3. The molecule has 20 heavy (non-hydrogen) atoms. The molecule has 1 heterocycles. The summed E-state index contributed by atoms with van der Waals surface area (Å²) in [6, 6.07) is 4.34. The quantitative estimate of drug-likeness (QED) is 0.679. The second kappa shape index (κ2) is 5.92. The van der Waals surface area contributed by atoms with E-state index in [0.29, 0.717) is 17.3 Å². The number of halogens is 1. The van der Waals surface area contributed by atoms with Gasteiger partial charge in [-0.25, -0.2) is 0 Å². The number of benzene rings is 1. The molecule has 1 aromatic heterocycles. The van der Waals surface area contributed by atoms with Crippen molar-refractivity contribution in [2.45, 2.75) is 19.9 Å². The second-order valence-corrected chi connectivity index (χ2v) is 4.81. The van der Waals surface area contributed by atoms with Gasteiger partial charge in [-0.3, -0.25) is 14.8 Å². The Labute approximate surface area is 121 Å². The van der Waals surface area contributed by atoms with E-state index < -0.39 is 4.92 Å². The standard InChI is InChI=1S/C13H15ClN4O2/c1-3-12-9(8-17(2)16-12)7-15-13-6-10(18(19)20)4-5-11(13)14/h4-6,8,15H,3,7H2,1-2H3. The Balaban J connectivity index is 2.18. The van der Waals surface area contributed by atoms with Crippen LogP contribution in [0.4, 0.5) is 11.4 Å². The van der Waals surface area contributed by atoms with Gasteiger partial charge in [-0.1, -0.05) is 18.5 Å². The van der Waals surface area contributed by atoms with Crippen LogP contribution in [0.5, 0.6) is 0 Å². The van der Waals surface area contributed by atoms with Crippen molar-refractivity contribution in [3.8, 4) is 0 Å². The molecule has 2 rings (SSSR count). The summed E-state index contributed by atoms with van der Waals surface area (Å²) >= 11 is 6.04. The van der Waals surface area contributed by atoms with Crippen molar-refractivity contribution < 1.29 is 4.92 Å². The van der Waals surface area contributed by atoms with Crippen LogP contribution in [0.2, 0.25) is 5.02 Å². The number of aryl methyl sites for hydroxylation is 2. The topological polar surface area (TPSA) is 73.0 Å². The molecule has 106 valence electrons. The highest BCUT2D eigenvalue weighted by Crippen LogP contribution is 2.27. The number of hydrogen-bond acceptors (Lipinski definition) is 4. The summed E-state index contributed by atoms with van der Waals surface area (Å²) in [7, 11) is 1.86. The van der Waals surface area contributed by atoms with Gasteiger partial charge in [0.15, 0.2) is 0 Å². The summed E-state index contributed by atoms with van der Waals surface area (Å²) in [4.78, 5) is 10.3. The van der Waals surface area contributed by atoms with Crippen molar-refractivity contribution in [1.82, 2.24) is 9.78 Å². The first-order chi connectivity index (χ1) is 9.51. The van der Waals surface area contributed by atoms with Crippen molar-refractivity contribution in [1.29, 1.82) is 0 Å². The fourth-order valence-electron chi connectivity index (χ4n) is 1.98. The summed E-state index contributed by atoms with van der Waals surface area (Å²) in [6.45, 7) is 2.56. The van der Waals surface area contributed by atoms with Crippen molar-refractivity contribution in [2.75, 3.05) is 5.32 Å². The smallest absolute Gasteiger partial charge is 0.271 e. The zero-order chi connectivity index (χ0) is 14.7. The van der Waals surface area contributed by atoms with E-state index in [0.717, 1.165) is 17.7 Å². The van der Waals surface area contributed by atoms with Crippen LogP contribution in [0.15, 0.2) is 24.4 Å². The highest BCUT2D eigenvalue weighted by molar-refractivity contribution is 6.33. The van der Waals surface area contributed by atoms with Gasteiger partial charge < -0.3 is 5.32 Å². The molecule has 0 aliphatic heterocycles. The van der Waals surface area contributed by atoms with E-state index in [1.54, 1.807) is 4.68 Å². The average molecular weight is 295 g/mol. The number of nitrogens with zero attached hydrogens (tertiary/aromatic N) is 3. The van der Waals surface area contributed by atoms with Crippen LogP contribution in [0, 0.1) is 10.1 Å². The molecule has 0 amide bonds. The van der Waals surface area contributed by atoms with Gasteiger partial charge in [0.25, 0.3) is 5.69 Å². The molecule has 0 radical (unpaired) electrons. The molecule has 1 aromatic carbocycles. The molecule has 7 heteroatoms. The predicted octanol–water partition coefficient (Wildman–Crippen LogP) is 3.16. The Bertz CT molecular complexity index is 639. The van der Waals surface area contributed by atoms with E-state index in [1.165, 1.54) is 18.2 Å². The number of nitrogens with one attached hydrogen (secondary N) is 1. The van der Waals surface area contributed by atoms with Gasteiger partial charge in [0.1, 0.15) is 0 Å². The van der Waals surface area contributed by atoms with Gasteiger partial charge >= 0.3 is 0 Å². The first-order valence-electron chi connectivity index (χ1n) is 6.20. The van der Waals surface area contributed by atoms with Gasteiger partial charge in [-0.05, 0) is 12.5 Å². The van der Waals surface area contributed by atoms with E-state index in [4.69, 9.17) is 11.6 Å². The maximum absolute atomic E-state index is 10.8. The third kappa shape index (κ3) is 3.08. The molecule has 2 aromatic rings. The molecule has 0 saturated carbocycles. The van der Waals surface area contributed by atoms with Gasteiger partial charge in [-0.15, -0.1) is 0 Å². The number of aromatic nitrogens is 2. The van der Waals surface area contributed by atoms with Gasteiger partial charge in [0.2, 0.25) is 0 Å². The Kier molecular flexibility index (Phi) is 4.24. The minimum absolute atomic E-state index is 0.0128. The van der Waals surface area contributed by atoms with E-state index >= 15 is 0 Å². The number of hydrogen-bond donors (Lipinski definition) is 1. The fourth-order valence-corrected chi connectivity index (χ4v) is 2.17. The molecular formula is C13H15ClN4O2. The molecule has 6 nitrogen and oxygen atoms in total. The van der Waals surface area contributed by atoms with Crippen LogP contribution >= 0.6 is 11.6 Å². The van der Waals surface area contributed by atoms with E-state index in [9.17, 15) is 10.1 Å². The lowest BCUT2D eigenvalue weighted by molar-refractivity contribution is -0.384. The highest BCUT2D eigenvalue weighted by atomic mass is 35.5. The molecule has 0 aliphatic carbocycles. The van der Waals surface area contributed by atoms with Crippen molar-refractivity contribution in [3.05, 3.63) is 50.8 Å². The minimum Gasteiger partial charge on any atom is -0.379 e. The van der Waals surface area contributed by atoms with Gasteiger partial charge in [0.05, 0.1) is 21.3 Å². The molecule has 0 fully saturated rings. The largest absolute Gasteiger partial charge is 0.379 e.